The van der Waals surface area contributed by atoms with E-state index in [-0.39, 0.29) is 17.9 Å². The van der Waals surface area contributed by atoms with Crippen LogP contribution in [0, 0.1) is 0 Å². The van der Waals surface area contributed by atoms with Gasteiger partial charge in [0.25, 0.3) is 5.91 Å². The Kier molecular flexibility index (Phi) is 6.84. The van der Waals surface area contributed by atoms with Crippen molar-refractivity contribution in [1.82, 2.24) is 15.2 Å². The fraction of sp³-hybridized carbons (Fsp3) is 0.182. The number of nitrogens with zero attached hydrogens (tertiary/aromatic N) is 1. The molecule has 0 aliphatic carbocycles. The molecule has 10 heteroatoms. The Morgan fingerprint density at radius 1 is 1.03 bits per heavy atom. The number of halogens is 3. The van der Waals surface area contributed by atoms with Gasteiger partial charge in [-0.15, -0.1) is 0 Å². The maximum absolute atomic E-state index is 12.6. The average molecular weight is 447 g/mol. The van der Waals surface area contributed by atoms with Crippen LogP contribution in [0.2, 0.25) is 0 Å². The van der Waals surface area contributed by atoms with Gasteiger partial charge in [-0.25, -0.2) is 0 Å². The predicted molar refractivity (Wildman–Crippen MR) is 109 cm³/mol. The Bertz CT molecular complexity index is 1080. The van der Waals surface area contributed by atoms with Crippen molar-refractivity contribution in [1.29, 1.82) is 0 Å². The van der Waals surface area contributed by atoms with Crippen LogP contribution in [-0.2, 0) is 17.5 Å². The molecule has 4 N–H and O–H groups in total. The van der Waals surface area contributed by atoms with Gasteiger partial charge in [0.05, 0.1) is 17.7 Å². The largest absolute Gasteiger partial charge is 0.507 e. The lowest BCUT2D eigenvalue weighted by Crippen LogP contribution is -2.48. The topological polar surface area (TPSA) is 104 Å². The molecule has 2 aromatic carbocycles. The molecule has 1 aromatic heterocycles. The summed E-state index contributed by atoms with van der Waals surface area (Å²) in [5.74, 6) is -1.82. The SMILES string of the molecule is O=C(N[C@@H](CO)C(=O)NCc1ccc(C(F)(F)F)cc1)c1cc(-n2cccc2)ccc1O. The van der Waals surface area contributed by atoms with Gasteiger partial charge >= 0.3 is 6.18 Å². The number of carbonyl (C=O) groups is 2. The highest BCUT2D eigenvalue weighted by atomic mass is 19.4. The van der Waals surface area contributed by atoms with Gasteiger partial charge in [-0.3, -0.25) is 9.59 Å². The first-order valence-corrected chi connectivity index (χ1v) is 9.51. The van der Waals surface area contributed by atoms with Crippen LogP contribution in [0.1, 0.15) is 21.5 Å². The summed E-state index contributed by atoms with van der Waals surface area (Å²) in [6.07, 6.45) is -0.961. The molecular formula is C22H20F3N3O4. The molecule has 168 valence electrons. The van der Waals surface area contributed by atoms with Crippen molar-refractivity contribution in [3.8, 4) is 11.4 Å². The van der Waals surface area contributed by atoms with E-state index in [1.165, 1.54) is 24.3 Å². The number of phenolic OH excluding ortho intramolecular Hbond substituents is 1. The van der Waals surface area contributed by atoms with Gasteiger partial charge in [0.2, 0.25) is 5.91 Å². The van der Waals surface area contributed by atoms with E-state index in [9.17, 15) is 33.0 Å². The Morgan fingerprint density at radius 2 is 1.69 bits per heavy atom. The molecule has 0 aliphatic heterocycles. The van der Waals surface area contributed by atoms with Crippen molar-refractivity contribution < 1.29 is 33.0 Å². The fourth-order valence-corrected chi connectivity index (χ4v) is 2.93. The highest BCUT2D eigenvalue weighted by Crippen LogP contribution is 2.29. The number of benzene rings is 2. The van der Waals surface area contributed by atoms with Crippen LogP contribution >= 0.6 is 0 Å². The number of rotatable bonds is 7. The zero-order valence-electron chi connectivity index (χ0n) is 16.6. The molecule has 32 heavy (non-hydrogen) atoms. The van der Waals surface area contributed by atoms with E-state index in [2.05, 4.69) is 10.6 Å². The second kappa shape index (κ2) is 9.56. The van der Waals surface area contributed by atoms with Crippen molar-refractivity contribution >= 4 is 11.8 Å². The number of aromatic nitrogens is 1. The Labute approximate surface area is 181 Å². The maximum atomic E-state index is 12.6. The van der Waals surface area contributed by atoms with Crippen LogP contribution in [0.3, 0.4) is 0 Å². The van der Waals surface area contributed by atoms with Gasteiger partial charge in [0.1, 0.15) is 11.8 Å². The molecule has 1 atom stereocenters. The summed E-state index contributed by atoms with van der Waals surface area (Å²) < 4.78 is 39.6. The van der Waals surface area contributed by atoms with Crippen LogP contribution in [0.4, 0.5) is 13.2 Å². The van der Waals surface area contributed by atoms with Gasteiger partial charge in [-0.1, -0.05) is 12.1 Å². The normalized spacial score (nSPS) is 12.2. The van der Waals surface area contributed by atoms with E-state index in [4.69, 9.17) is 0 Å². The van der Waals surface area contributed by atoms with Crippen molar-refractivity contribution in [2.45, 2.75) is 18.8 Å². The summed E-state index contributed by atoms with van der Waals surface area (Å²) in [7, 11) is 0. The van der Waals surface area contributed by atoms with E-state index >= 15 is 0 Å². The Hall–Kier alpha value is -3.79. The molecule has 2 amide bonds. The first kappa shape index (κ1) is 22.9. The summed E-state index contributed by atoms with van der Waals surface area (Å²) in [6, 6.07) is 10.9. The molecule has 1 heterocycles. The average Bonchev–Trinajstić information content (AvgIpc) is 3.30. The molecule has 3 rings (SSSR count). The minimum atomic E-state index is -4.46. The van der Waals surface area contributed by atoms with Crippen LogP contribution < -0.4 is 10.6 Å². The molecule has 3 aromatic rings. The molecule has 0 aliphatic rings. The summed E-state index contributed by atoms with van der Waals surface area (Å²) in [5, 5.41) is 24.4. The number of hydrogen-bond donors (Lipinski definition) is 4. The third kappa shape index (κ3) is 5.46. The second-order valence-corrected chi connectivity index (χ2v) is 6.91. The van der Waals surface area contributed by atoms with Gasteiger partial charge in [-0.2, -0.15) is 13.2 Å². The lowest BCUT2D eigenvalue weighted by Gasteiger charge is -2.17. The van der Waals surface area contributed by atoms with Crippen LogP contribution in [0.15, 0.2) is 67.0 Å². The standard InChI is InChI=1S/C22H20F3N3O4/c23-22(24,25)15-5-3-14(4-6-15)12-26-21(32)18(13-29)27-20(31)17-11-16(7-8-19(17)30)28-9-1-2-10-28/h1-11,18,29-30H,12-13H2,(H,26,32)(H,27,31)/t18-/m0/s1. The third-order valence-corrected chi connectivity index (χ3v) is 4.68. The molecule has 0 saturated carbocycles. The zero-order valence-corrected chi connectivity index (χ0v) is 16.6. The number of alkyl halides is 3. The summed E-state index contributed by atoms with van der Waals surface area (Å²) >= 11 is 0. The fourth-order valence-electron chi connectivity index (χ4n) is 2.93. The predicted octanol–water partition coefficient (Wildman–Crippen LogP) is 2.61. The molecule has 0 unspecified atom stereocenters. The van der Waals surface area contributed by atoms with E-state index in [0.717, 1.165) is 12.1 Å². The molecular weight excluding hydrogens is 427 g/mol. The van der Waals surface area contributed by atoms with Crippen LogP contribution in [0.25, 0.3) is 5.69 Å². The smallest absolute Gasteiger partial charge is 0.416 e. The number of aromatic hydroxyl groups is 1. The number of aliphatic hydroxyl groups is 1. The van der Waals surface area contributed by atoms with Crippen molar-refractivity contribution in [2.75, 3.05) is 6.61 Å². The lowest BCUT2D eigenvalue weighted by atomic mass is 10.1. The monoisotopic (exact) mass is 447 g/mol. The van der Waals surface area contributed by atoms with Gasteiger partial charge in [-0.05, 0) is 48.0 Å². The van der Waals surface area contributed by atoms with E-state index in [1.54, 1.807) is 35.2 Å². The molecule has 0 radical (unpaired) electrons. The van der Waals surface area contributed by atoms with E-state index in [0.29, 0.717) is 11.3 Å². The summed E-state index contributed by atoms with van der Waals surface area (Å²) in [4.78, 5) is 24.9. The molecule has 0 bridgehead atoms. The Balaban J connectivity index is 1.64. The minimum Gasteiger partial charge on any atom is -0.507 e. The number of aliphatic hydroxyl groups excluding tert-OH is 1. The van der Waals surface area contributed by atoms with Crippen molar-refractivity contribution in [3.63, 3.8) is 0 Å². The summed E-state index contributed by atoms with van der Waals surface area (Å²) in [5.41, 5.74) is 0.108. The van der Waals surface area contributed by atoms with Crippen molar-refractivity contribution in [2.24, 2.45) is 0 Å². The first-order chi connectivity index (χ1) is 15.2. The van der Waals surface area contributed by atoms with Crippen molar-refractivity contribution in [3.05, 3.63) is 83.7 Å². The van der Waals surface area contributed by atoms with E-state index < -0.39 is 36.2 Å². The minimum absolute atomic E-state index is 0.0924. The Morgan fingerprint density at radius 3 is 2.28 bits per heavy atom. The van der Waals surface area contributed by atoms with Crippen LogP contribution in [-0.4, -0.2) is 39.2 Å². The van der Waals surface area contributed by atoms with Gasteiger partial charge < -0.3 is 25.4 Å². The number of nitrogens with one attached hydrogen (secondary N) is 2. The highest BCUT2D eigenvalue weighted by Gasteiger charge is 2.30. The second-order valence-electron chi connectivity index (χ2n) is 6.91. The highest BCUT2D eigenvalue weighted by molar-refractivity contribution is 6.00. The number of hydrogen-bond acceptors (Lipinski definition) is 4. The number of amides is 2. The van der Waals surface area contributed by atoms with E-state index in [1.807, 2.05) is 0 Å². The van der Waals surface area contributed by atoms with Crippen LogP contribution in [0.5, 0.6) is 5.75 Å². The van der Waals surface area contributed by atoms with Gasteiger partial charge in [0, 0.05) is 24.6 Å². The lowest BCUT2D eigenvalue weighted by molar-refractivity contribution is -0.137. The molecule has 7 nitrogen and oxygen atoms in total. The molecule has 0 spiro atoms. The first-order valence-electron chi connectivity index (χ1n) is 9.51. The van der Waals surface area contributed by atoms with Gasteiger partial charge in [0.15, 0.2) is 0 Å². The molecule has 0 saturated heterocycles. The number of phenols is 1. The quantitative estimate of drug-likeness (QED) is 0.447. The summed E-state index contributed by atoms with van der Waals surface area (Å²) in [6.45, 7) is -0.819. The number of carbonyl (C=O) groups excluding carboxylic acids is 2. The maximum Gasteiger partial charge on any atom is 0.416 e. The zero-order chi connectivity index (χ0) is 23.3. The molecule has 0 fully saturated rings. The third-order valence-electron chi connectivity index (χ3n) is 4.68.